The zero-order valence-corrected chi connectivity index (χ0v) is 12.6. The van der Waals surface area contributed by atoms with Crippen LogP contribution in [0.15, 0.2) is 0 Å². The van der Waals surface area contributed by atoms with E-state index in [1.807, 2.05) is 0 Å². The molecule has 1 heterocycles. The fourth-order valence-electron chi connectivity index (χ4n) is 2.17. The van der Waals surface area contributed by atoms with Crippen LogP contribution in [0.1, 0.15) is 26.7 Å². The van der Waals surface area contributed by atoms with E-state index in [0.717, 1.165) is 32.3 Å². The summed E-state index contributed by atoms with van der Waals surface area (Å²) in [4.78, 5) is 2.55. The highest BCUT2D eigenvalue weighted by Gasteiger charge is 2.12. The highest BCUT2D eigenvalue weighted by molar-refractivity contribution is 6.44. The van der Waals surface area contributed by atoms with Crippen molar-refractivity contribution in [2.75, 3.05) is 45.9 Å². The van der Waals surface area contributed by atoms with Crippen molar-refractivity contribution < 1.29 is 8.85 Å². The van der Waals surface area contributed by atoms with Gasteiger partial charge in [-0.2, -0.15) is 0 Å². The highest BCUT2D eigenvalue weighted by Crippen LogP contribution is 2.06. The Bertz CT molecular complexity index is 172. The van der Waals surface area contributed by atoms with E-state index in [9.17, 15) is 0 Å². The Morgan fingerprint density at radius 3 is 2.29 bits per heavy atom. The summed E-state index contributed by atoms with van der Waals surface area (Å²) in [6.45, 7) is 11.7. The van der Waals surface area contributed by atoms with Crippen LogP contribution >= 0.6 is 0 Å². The van der Waals surface area contributed by atoms with Crippen molar-refractivity contribution in [1.29, 1.82) is 0 Å². The zero-order chi connectivity index (χ0) is 12.3. The summed E-state index contributed by atoms with van der Waals surface area (Å²) in [6.07, 6.45) is 2.53. The number of nitrogens with zero attached hydrogens (tertiary/aromatic N) is 1. The van der Waals surface area contributed by atoms with Crippen LogP contribution < -0.4 is 5.32 Å². The van der Waals surface area contributed by atoms with E-state index in [4.69, 9.17) is 8.85 Å². The molecule has 0 unspecified atom stereocenters. The molecule has 0 aromatic carbocycles. The van der Waals surface area contributed by atoms with E-state index in [-0.39, 0.29) is 0 Å². The van der Waals surface area contributed by atoms with Gasteiger partial charge in [-0.1, -0.05) is 6.42 Å². The van der Waals surface area contributed by atoms with Crippen LogP contribution in [0.4, 0.5) is 0 Å². The van der Waals surface area contributed by atoms with Crippen LogP contribution in [0.3, 0.4) is 0 Å². The first-order chi connectivity index (χ1) is 8.36. The van der Waals surface area contributed by atoms with Crippen molar-refractivity contribution in [3.05, 3.63) is 0 Å². The second-order valence-corrected chi connectivity index (χ2v) is 6.53. The lowest BCUT2D eigenvalue weighted by Crippen LogP contribution is -2.43. The van der Waals surface area contributed by atoms with Crippen LogP contribution in [-0.2, 0) is 8.85 Å². The third-order valence-corrected chi connectivity index (χ3v) is 5.37. The van der Waals surface area contributed by atoms with Gasteiger partial charge in [-0.15, -0.1) is 0 Å². The fourth-order valence-corrected chi connectivity index (χ4v) is 3.96. The lowest BCUT2D eigenvalue weighted by atomic mass is 10.3. The molecule has 0 amide bonds. The van der Waals surface area contributed by atoms with Gasteiger partial charge in [0.05, 0.1) is 0 Å². The molecule has 5 heteroatoms. The Kier molecular flexibility index (Phi) is 8.91. The highest BCUT2D eigenvalue weighted by atomic mass is 28.3. The van der Waals surface area contributed by atoms with Crippen LogP contribution in [0.25, 0.3) is 0 Å². The number of hydrogen-bond donors (Lipinski definition) is 1. The van der Waals surface area contributed by atoms with Gasteiger partial charge in [0.15, 0.2) is 0 Å². The van der Waals surface area contributed by atoms with Crippen molar-refractivity contribution in [3.8, 4) is 0 Å². The predicted octanol–water partition coefficient (Wildman–Crippen LogP) is 0.965. The zero-order valence-electron chi connectivity index (χ0n) is 11.4. The lowest BCUT2D eigenvalue weighted by molar-refractivity contribution is 0.209. The van der Waals surface area contributed by atoms with Gasteiger partial charge < -0.3 is 19.1 Å². The van der Waals surface area contributed by atoms with Crippen molar-refractivity contribution in [2.24, 2.45) is 0 Å². The van der Waals surface area contributed by atoms with E-state index in [1.165, 1.54) is 32.5 Å². The van der Waals surface area contributed by atoms with E-state index in [1.54, 1.807) is 0 Å². The van der Waals surface area contributed by atoms with E-state index in [0.29, 0.717) is 0 Å². The molecule has 0 atom stereocenters. The predicted molar refractivity (Wildman–Crippen MR) is 73.8 cm³/mol. The molecule has 102 valence electrons. The molecule has 0 aromatic rings. The average Bonchev–Trinajstić information content (AvgIpc) is 2.36. The van der Waals surface area contributed by atoms with Gasteiger partial charge in [0.25, 0.3) is 0 Å². The average molecular weight is 260 g/mol. The minimum absolute atomic E-state index is 0.800. The third kappa shape index (κ3) is 7.16. The van der Waals surface area contributed by atoms with E-state index >= 15 is 0 Å². The maximum absolute atomic E-state index is 5.67. The van der Waals surface area contributed by atoms with Crippen molar-refractivity contribution in [3.63, 3.8) is 0 Å². The molecule has 1 fully saturated rings. The normalized spacial score (nSPS) is 17.8. The van der Waals surface area contributed by atoms with Crippen molar-refractivity contribution in [1.82, 2.24) is 10.2 Å². The molecule has 0 bridgehead atoms. The van der Waals surface area contributed by atoms with Gasteiger partial charge in [0.2, 0.25) is 0 Å². The number of unbranched alkanes of at least 4 members (excludes halogenated alkanes) is 1. The molecule has 1 aliphatic heterocycles. The molecule has 1 saturated heterocycles. The Labute approximate surface area is 108 Å². The molecule has 0 radical (unpaired) electrons. The first kappa shape index (κ1) is 15.1. The van der Waals surface area contributed by atoms with Crippen molar-refractivity contribution >= 4 is 9.28 Å². The summed E-state index contributed by atoms with van der Waals surface area (Å²) >= 11 is 0. The molecular formula is C12H28N2O2Si. The molecule has 0 spiro atoms. The van der Waals surface area contributed by atoms with Gasteiger partial charge in [-0.25, -0.2) is 0 Å². The fraction of sp³-hybridized carbons (Fsp3) is 1.00. The topological polar surface area (TPSA) is 33.7 Å². The molecule has 1 N–H and O–H groups in total. The Morgan fingerprint density at radius 2 is 1.71 bits per heavy atom. The van der Waals surface area contributed by atoms with Gasteiger partial charge in [-0.05, 0) is 32.9 Å². The number of piperazine rings is 1. The third-order valence-electron chi connectivity index (χ3n) is 3.08. The maximum atomic E-state index is 5.67. The second-order valence-electron chi connectivity index (χ2n) is 4.43. The van der Waals surface area contributed by atoms with Gasteiger partial charge >= 0.3 is 9.28 Å². The first-order valence-corrected chi connectivity index (χ1v) is 8.79. The summed E-state index contributed by atoms with van der Waals surface area (Å²) in [5.41, 5.74) is 0. The SMILES string of the molecule is CCO[SiH](CCCCN1CCNCC1)OCC. The minimum atomic E-state index is -1.34. The summed E-state index contributed by atoms with van der Waals surface area (Å²) in [6, 6.07) is 1.16. The van der Waals surface area contributed by atoms with Crippen LogP contribution in [0, 0.1) is 0 Å². The summed E-state index contributed by atoms with van der Waals surface area (Å²) in [7, 11) is -1.34. The molecule has 0 saturated carbocycles. The molecular weight excluding hydrogens is 232 g/mol. The van der Waals surface area contributed by atoms with Crippen LogP contribution in [-0.4, -0.2) is 60.1 Å². The quantitative estimate of drug-likeness (QED) is 0.495. The molecule has 1 aliphatic rings. The Morgan fingerprint density at radius 1 is 1.06 bits per heavy atom. The van der Waals surface area contributed by atoms with Crippen LogP contribution in [0.5, 0.6) is 0 Å². The van der Waals surface area contributed by atoms with Crippen molar-refractivity contribution in [2.45, 2.75) is 32.7 Å². The van der Waals surface area contributed by atoms with E-state index < -0.39 is 9.28 Å². The number of hydrogen-bond acceptors (Lipinski definition) is 4. The molecule has 0 aliphatic carbocycles. The summed E-state index contributed by atoms with van der Waals surface area (Å²) in [5.74, 6) is 0. The summed E-state index contributed by atoms with van der Waals surface area (Å²) in [5, 5.41) is 3.38. The lowest BCUT2D eigenvalue weighted by Gasteiger charge is -2.27. The molecule has 4 nitrogen and oxygen atoms in total. The molecule has 1 rings (SSSR count). The Hall–Kier alpha value is 0.0569. The Balaban J connectivity index is 2.00. The monoisotopic (exact) mass is 260 g/mol. The number of rotatable bonds is 9. The summed E-state index contributed by atoms with van der Waals surface area (Å²) < 4.78 is 11.3. The first-order valence-electron chi connectivity index (χ1n) is 7.03. The number of nitrogens with one attached hydrogen (secondary N) is 1. The smallest absolute Gasteiger partial charge is 0.321 e. The maximum Gasteiger partial charge on any atom is 0.321 e. The molecule has 17 heavy (non-hydrogen) atoms. The van der Waals surface area contributed by atoms with Gasteiger partial charge in [0, 0.05) is 39.4 Å². The van der Waals surface area contributed by atoms with Gasteiger partial charge in [-0.3, -0.25) is 0 Å². The van der Waals surface area contributed by atoms with Gasteiger partial charge in [0.1, 0.15) is 0 Å². The minimum Gasteiger partial charge on any atom is -0.397 e. The van der Waals surface area contributed by atoms with Crippen LogP contribution in [0.2, 0.25) is 6.04 Å². The molecule has 0 aromatic heterocycles. The van der Waals surface area contributed by atoms with E-state index in [2.05, 4.69) is 24.1 Å². The second kappa shape index (κ2) is 10.0. The largest absolute Gasteiger partial charge is 0.397 e. The standard InChI is InChI=1S/C12H28N2O2Si/c1-3-15-17(16-4-2)12-6-5-9-14-10-7-13-8-11-14/h13,17H,3-12H2,1-2H3.